The number of hydrogen-bond donors (Lipinski definition) is 1. The van der Waals surface area contributed by atoms with Crippen LogP contribution >= 0.6 is 11.3 Å². The van der Waals surface area contributed by atoms with E-state index in [0.717, 1.165) is 23.5 Å². The Morgan fingerprint density at radius 3 is 2.86 bits per heavy atom. The molecule has 0 fully saturated rings. The van der Waals surface area contributed by atoms with Gasteiger partial charge < -0.3 is 5.11 Å². The lowest BCUT2D eigenvalue weighted by atomic mass is 10.2. The molecular formula is C8H4FNO3S. The van der Waals surface area contributed by atoms with Gasteiger partial charge in [0.25, 0.3) is 5.69 Å². The van der Waals surface area contributed by atoms with E-state index in [9.17, 15) is 19.6 Å². The molecule has 1 aromatic heterocycles. The summed E-state index contributed by atoms with van der Waals surface area (Å²) in [6.45, 7) is 0. The third-order valence-corrected chi connectivity index (χ3v) is 2.82. The zero-order valence-corrected chi connectivity index (χ0v) is 7.55. The number of hydrogen-bond acceptors (Lipinski definition) is 4. The Hall–Kier alpha value is -1.69. The van der Waals surface area contributed by atoms with Crippen LogP contribution in [0.25, 0.3) is 10.1 Å². The fourth-order valence-electron chi connectivity index (χ4n) is 1.22. The maximum Gasteiger partial charge on any atom is 0.287 e. The lowest BCUT2D eigenvalue weighted by molar-refractivity contribution is -0.382. The van der Waals surface area contributed by atoms with Crippen LogP contribution in [0.3, 0.4) is 0 Å². The molecular weight excluding hydrogens is 209 g/mol. The Morgan fingerprint density at radius 2 is 2.21 bits per heavy atom. The van der Waals surface area contributed by atoms with Gasteiger partial charge in [-0.3, -0.25) is 10.1 Å². The van der Waals surface area contributed by atoms with Gasteiger partial charge in [0.05, 0.1) is 10.3 Å². The number of fused-ring (bicyclic) bond motifs is 1. The molecule has 0 saturated carbocycles. The molecule has 72 valence electrons. The van der Waals surface area contributed by atoms with E-state index in [1.807, 2.05) is 0 Å². The van der Waals surface area contributed by atoms with Gasteiger partial charge in [-0.25, -0.2) is 4.39 Å². The zero-order valence-electron chi connectivity index (χ0n) is 6.73. The first-order chi connectivity index (χ1) is 6.61. The smallest absolute Gasteiger partial charge is 0.287 e. The number of benzene rings is 1. The second-order valence-corrected chi connectivity index (χ2v) is 3.53. The van der Waals surface area contributed by atoms with Crippen LogP contribution in [0.15, 0.2) is 17.5 Å². The average molecular weight is 213 g/mol. The van der Waals surface area contributed by atoms with Gasteiger partial charge in [-0.2, -0.15) is 0 Å². The van der Waals surface area contributed by atoms with Gasteiger partial charge in [-0.05, 0) is 6.07 Å². The van der Waals surface area contributed by atoms with Crippen LogP contribution in [-0.4, -0.2) is 10.0 Å². The Kier molecular flexibility index (Phi) is 1.85. The van der Waals surface area contributed by atoms with Gasteiger partial charge in [0, 0.05) is 11.4 Å². The maximum absolute atomic E-state index is 13.1. The Morgan fingerprint density at radius 1 is 1.50 bits per heavy atom. The molecule has 0 aliphatic rings. The predicted octanol–water partition coefficient (Wildman–Crippen LogP) is 2.65. The highest BCUT2D eigenvalue weighted by molar-refractivity contribution is 7.18. The molecule has 0 unspecified atom stereocenters. The predicted molar refractivity (Wildman–Crippen MR) is 50.1 cm³/mol. The van der Waals surface area contributed by atoms with Crippen molar-refractivity contribution in [2.45, 2.75) is 0 Å². The SMILES string of the molecule is O=[N+]([O-])c1ccc(F)c2c(O)csc12. The Labute approximate surface area is 81.4 Å². The summed E-state index contributed by atoms with van der Waals surface area (Å²) >= 11 is 0.951. The van der Waals surface area contributed by atoms with Crippen LogP contribution in [0.1, 0.15) is 0 Å². The first kappa shape index (κ1) is 8.89. The van der Waals surface area contributed by atoms with Gasteiger partial charge in [-0.15, -0.1) is 11.3 Å². The number of non-ortho nitro benzene ring substituents is 1. The van der Waals surface area contributed by atoms with Crippen molar-refractivity contribution in [2.75, 3.05) is 0 Å². The van der Waals surface area contributed by atoms with Crippen molar-refractivity contribution in [1.29, 1.82) is 0 Å². The summed E-state index contributed by atoms with van der Waals surface area (Å²) in [6.07, 6.45) is 0. The molecule has 4 nitrogen and oxygen atoms in total. The molecule has 0 aliphatic carbocycles. The maximum atomic E-state index is 13.1. The van der Waals surface area contributed by atoms with Crippen LogP contribution in [0.4, 0.5) is 10.1 Å². The first-order valence-electron chi connectivity index (χ1n) is 3.64. The Balaban J connectivity index is 2.90. The van der Waals surface area contributed by atoms with Crippen LogP contribution in [-0.2, 0) is 0 Å². The molecule has 14 heavy (non-hydrogen) atoms. The van der Waals surface area contributed by atoms with Crippen molar-refractivity contribution in [3.05, 3.63) is 33.4 Å². The lowest BCUT2D eigenvalue weighted by Crippen LogP contribution is -1.88. The number of rotatable bonds is 1. The number of nitro groups is 1. The molecule has 1 N–H and O–H groups in total. The quantitative estimate of drug-likeness (QED) is 0.585. The van der Waals surface area contributed by atoms with Crippen molar-refractivity contribution in [3.63, 3.8) is 0 Å². The van der Waals surface area contributed by atoms with Gasteiger partial charge in [0.2, 0.25) is 0 Å². The third-order valence-electron chi connectivity index (χ3n) is 1.83. The molecule has 0 atom stereocenters. The second-order valence-electron chi connectivity index (χ2n) is 2.65. The van der Waals surface area contributed by atoms with E-state index < -0.39 is 10.7 Å². The standard InChI is InChI=1S/C8H4FNO3S/c9-4-1-2-5(10(12)13)8-7(4)6(11)3-14-8/h1-3,11H. The number of aromatic hydroxyl groups is 1. The lowest BCUT2D eigenvalue weighted by Gasteiger charge is -1.95. The normalized spacial score (nSPS) is 10.6. The minimum atomic E-state index is -0.649. The van der Waals surface area contributed by atoms with E-state index in [1.54, 1.807) is 0 Å². The minimum absolute atomic E-state index is 0.0794. The molecule has 0 aliphatic heterocycles. The average Bonchev–Trinajstić information content (AvgIpc) is 2.49. The molecule has 0 radical (unpaired) electrons. The summed E-state index contributed by atoms with van der Waals surface area (Å²) in [5, 5.41) is 21.0. The van der Waals surface area contributed by atoms with Crippen molar-refractivity contribution < 1.29 is 14.4 Å². The van der Waals surface area contributed by atoms with Crippen molar-refractivity contribution in [3.8, 4) is 5.75 Å². The van der Waals surface area contributed by atoms with E-state index in [0.29, 0.717) is 0 Å². The highest BCUT2D eigenvalue weighted by atomic mass is 32.1. The second kappa shape index (κ2) is 2.91. The summed E-state index contributed by atoms with van der Waals surface area (Å²) in [6, 6.07) is 2.07. The number of halogens is 1. The zero-order chi connectivity index (χ0) is 10.3. The minimum Gasteiger partial charge on any atom is -0.506 e. The van der Waals surface area contributed by atoms with Gasteiger partial charge in [0.15, 0.2) is 0 Å². The van der Waals surface area contributed by atoms with Gasteiger partial charge in [0.1, 0.15) is 16.3 Å². The molecule has 1 aromatic carbocycles. The van der Waals surface area contributed by atoms with Crippen molar-refractivity contribution in [2.24, 2.45) is 0 Å². The molecule has 0 spiro atoms. The largest absolute Gasteiger partial charge is 0.506 e. The van der Waals surface area contributed by atoms with Crippen molar-refractivity contribution in [1.82, 2.24) is 0 Å². The van der Waals surface area contributed by atoms with Crippen LogP contribution in [0.2, 0.25) is 0 Å². The highest BCUT2D eigenvalue weighted by Gasteiger charge is 2.18. The fourth-order valence-corrected chi connectivity index (χ4v) is 2.15. The summed E-state index contributed by atoms with van der Waals surface area (Å²) in [5.74, 6) is -0.907. The summed E-state index contributed by atoms with van der Waals surface area (Å²) in [4.78, 5) is 9.94. The summed E-state index contributed by atoms with van der Waals surface area (Å²) in [7, 11) is 0. The molecule has 2 rings (SSSR count). The molecule has 2 aromatic rings. The monoisotopic (exact) mass is 213 g/mol. The topological polar surface area (TPSA) is 63.4 Å². The fraction of sp³-hybridized carbons (Fsp3) is 0. The Bertz CT molecular complexity index is 523. The van der Waals surface area contributed by atoms with Crippen LogP contribution in [0, 0.1) is 15.9 Å². The van der Waals surface area contributed by atoms with E-state index >= 15 is 0 Å². The molecule has 1 heterocycles. The molecule has 6 heteroatoms. The number of thiophene rings is 1. The van der Waals surface area contributed by atoms with E-state index in [-0.39, 0.29) is 21.5 Å². The third kappa shape index (κ3) is 1.12. The van der Waals surface area contributed by atoms with Gasteiger partial charge >= 0.3 is 0 Å². The first-order valence-corrected chi connectivity index (χ1v) is 4.52. The van der Waals surface area contributed by atoms with Gasteiger partial charge in [-0.1, -0.05) is 0 Å². The number of nitro benzene ring substituents is 1. The van der Waals surface area contributed by atoms with E-state index in [2.05, 4.69) is 0 Å². The van der Waals surface area contributed by atoms with Crippen molar-refractivity contribution >= 4 is 27.1 Å². The highest BCUT2D eigenvalue weighted by Crippen LogP contribution is 2.38. The van der Waals surface area contributed by atoms with E-state index in [4.69, 9.17) is 0 Å². The van der Waals surface area contributed by atoms with E-state index in [1.165, 1.54) is 5.38 Å². The number of nitrogens with zero attached hydrogens (tertiary/aromatic N) is 1. The molecule has 0 bridgehead atoms. The van der Waals surface area contributed by atoms with Crippen LogP contribution in [0.5, 0.6) is 5.75 Å². The molecule has 0 amide bonds. The van der Waals surface area contributed by atoms with Crippen LogP contribution < -0.4 is 0 Å². The summed E-state index contributed by atoms with van der Waals surface area (Å²) in [5.41, 5.74) is -0.188. The molecule has 0 saturated heterocycles. The summed E-state index contributed by atoms with van der Waals surface area (Å²) < 4.78 is 13.3.